The third-order valence-corrected chi connectivity index (χ3v) is 4.26. The van der Waals surface area contributed by atoms with E-state index in [1.54, 1.807) is 0 Å². The van der Waals surface area contributed by atoms with Crippen molar-refractivity contribution in [3.05, 3.63) is 71.8 Å². The average molecular weight is 294 g/mol. The van der Waals surface area contributed by atoms with Gasteiger partial charge in [-0.25, -0.2) is 0 Å². The van der Waals surface area contributed by atoms with E-state index in [0.29, 0.717) is 6.54 Å². The van der Waals surface area contributed by atoms with E-state index < -0.39 is 0 Å². The van der Waals surface area contributed by atoms with Crippen LogP contribution < -0.4 is 10.6 Å². The maximum Gasteiger partial charge on any atom is 0.237 e. The lowest BCUT2D eigenvalue weighted by molar-refractivity contribution is -0.122. The molecule has 0 aromatic heterocycles. The van der Waals surface area contributed by atoms with Crippen molar-refractivity contribution in [3.63, 3.8) is 0 Å². The molecule has 3 heteroatoms. The molecule has 0 saturated carbocycles. The number of benzene rings is 2. The fourth-order valence-electron chi connectivity index (χ4n) is 3.03. The van der Waals surface area contributed by atoms with E-state index in [1.807, 2.05) is 36.4 Å². The summed E-state index contributed by atoms with van der Waals surface area (Å²) in [4.78, 5) is 12.2. The van der Waals surface area contributed by atoms with E-state index in [2.05, 4.69) is 34.9 Å². The van der Waals surface area contributed by atoms with E-state index in [1.165, 1.54) is 11.1 Å². The van der Waals surface area contributed by atoms with Crippen LogP contribution in [0.1, 0.15) is 29.9 Å². The molecular formula is C19H22N2O. The highest BCUT2D eigenvalue weighted by Crippen LogP contribution is 2.23. The zero-order valence-corrected chi connectivity index (χ0v) is 12.7. The Morgan fingerprint density at radius 1 is 1.05 bits per heavy atom. The normalized spacial score (nSPS) is 17.6. The van der Waals surface area contributed by atoms with Gasteiger partial charge in [-0.1, -0.05) is 60.7 Å². The second-order valence-corrected chi connectivity index (χ2v) is 5.77. The first-order valence-corrected chi connectivity index (χ1v) is 7.95. The molecule has 0 bridgehead atoms. The summed E-state index contributed by atoms with van der Waals surface area (Å²) in [6.45, 7) is 1.57. The van der Waals surface area contributed by atoms with Gasteiger partial charge in [0, 0.05) is 12.5 Å². The van der Waals surface area contributed by atoms with Gasteiger partial charge in [0.25, 0.3) is 0 Å². The van der Waals surface area contributed by atoms with Gasteiger partial charge in [-0.2, -0.15) is 0 Å². The van der Waals surface area contributed by atoms with Crippen molar-refractivity contribution < 1.29 is 4.79 Å². The molecule has 0 unspecified atom stereocenters. The molecule has 1 atom stereocenters. The Labute approximate surface area is 131 Å². The van der Waals surface area contributed by atoms with Crippen molar-refractivity contribution in [1.82, 2.24) is 10.6 Å². The third kappa shape index (κ3) is 3.55. The molecule has 1 amide bonds. The predicted octanol–water partition coefficient (Wildman–Crippen LogP) is 2.69. The van der Waals surface area contributed by atoms with Crippen molar-refractivity contribution in [1.29, 1.82) is 0 Å². The number of carbonyl (C=O) groups excluding carboxylic acids is 1. The smallest absolute Gasteiger partial charge is 0.237 e. The van der Waals surface area contributed by atoms with Gasteiger partial charge in [0.1, 0.15) is 0 Å². The van der Waals surface area contributed by atoms with Gasteiger partial charge in [0.15, 0.2) is 0 Å². The Hall–Kier alpha value is -2.13. The molecule has 0 aliphatic carbocycles. The monoisotopic (exact) mass is 294 g/mol. The van der Waals surface area contributed by atoms with E-state index in [0.717, 1.165) is 19.4 Å². The van der Waals surface area contributed by atoms with Crippen molar-refractivity contribution >= 4 is 5.91 Å². The number of amides is 1. The van der Waals surface area contributed by atoms with Gasteiger partial charge < -0.3 is 10.6 Å². The van der Waals surface area contributed by atoms with Gasteiger partial charge in [0.05, 0.1) is 6.04 Å². The van der Waals surface area contributed by atoms with Crippen LogP contribution in [0.25, 0.3) is 0 Å². The number of rotatable bonds is 5. The predicted molar refractivity (Wildman–Crippen MR) is 88.8 cm³/mol. The Balaban J connectivity index is 1.73. The highest BCUT2D eigenvalue weighted by atomic mass is 16.2. The average Bonchev–Trinajstić information content (AvgIpc) is 3.11. The van der Waals surface area contributed by atoms with Crippen LogP contribution in [0.15, 0.2) is 60.7 Å². The molecule has 1 fully saturated rings. The maximum atomic E-state index is 12.2. The Morgan fingerprint density at radius 3 is 2.14 bits per heavy atom. The zero-order chi connectivity index (χ0) is 15.2. The number of hydrogen-bond donors (Lipinski definition) is 2. The minimum Gasteiger partial charge on any atom is -0.354 e. The van der Waals surface area contributed by atoms with Crippen molar-refractivity contribution in [2.45, 2.75) is 24.8 Å². The lowest BCUT2D eigenvalue weighted by atomic mass is 9.91. The largest absolute Gasteiger partial charge is 0.354 e. The first-order chi connectivity index (χ1) is 10.8. The number of nitrogens with one attached hydrogen (secondary N) is 2. The minimum atomic E-state index is -0.0211. The lowest BCUT2D eigenvalue weighted by Crippen LogP contribution is -2.42. The van der Waals surface area contributed by atoms with Crippen LogP contribution in [0.4, 0.5) is 0 Å². The molecule has 0 radical (unpaired) electrons. The van der Waals surface area contributed by atoms with Gasteiger partial charge >= 0.3 is 0 Å². The molecule has 22 heavy (non-hydrogen) atoms. The molecule has 114 valence electrons. The van der Waals surface area contributed by atoms with Crippen molar-refractivity contribution in [2.75, 3.05) is 13.1 Å². The topological polar surface area (TPSA) is 41.1 Å². The Bertz CT molecular complexity index is 552. The standard InChI is InChI=1S/C19H22N2O/c22-19(18-12-7-13-20-18)21-14-17(15-8-3-1-4-9-15)16-10-5-2-6-11-16/h1-6,8-11,17-18,20H,7,12-14H2,(H,21,22)/t18-/m0/s1. The summed E-state index contributed by atoms with van der Waals surface area (Å²) in [6.07, 6.45) is 2.02. The highest BCUT2D eigenvalue weighted by molar-refractivity contribution is 5.82. The van der Waals surface area contributed by atoms with Gasteiger partial charge in [-0.3, -0.25) is 4.79 Å². The fourth-order valence-corrected chi connectivity index (χ4v) is 3.03. The van der Waals surface area contributed by atoms with Crippen LogP contribution in [0.5, 0.6) is 0 Å². The third-order valence-electron chi connectivity index (χ3n) is 4.26. The number of hydrogen-bond acceptors (Lipinski definition) is 2. The summed E-state index contributed by atoms with van der Waals surface area (Å²) in [7, 11) is 0. The van der Waals surface area contributed by atoms with Crippen LogP contribution in [-0.2, 0) is 4.79 Å². The lowest BCUT2D eigenvalue weighted by Gasteiger charge is -2.20. The molecule has 3 rings (SSSR count). The summed E-state index contributed by atoms with van der Waals surface area (Å²) < 4.78 is 0. The summed E-state index contributed by atoms with van der Waals surface area (Å²) >= 11 is 0. The van der Waals surface area contributed by atoms with Crippen LogP contribution in [0.2, 0.25) is 0 Å². The molecule has 1 heterocycles. The van der Waals surface area contributed by atoms with Crippen LogP contribution >= 0.6 is 0 Å². The Kier molecular flexibility index (Phi) is 4.86. The zero-order valence-electron chi connectivity index (χ0n) is 12.7. The van der Waals surface area contributed by atoms with Crippen molar-refractivity contribution in [3.8, 4) is 0 Å². The van der Waals surface area contributed by atoms with Crippen molar-refractivity contribution in [2.24, 2.45) is 0 Å². The Morgan fingerprint density at radius 2 is 1.64 bits per heavy atom. The second kappa shape index (κ2) is 7.23. The summed E-state index contributed by atoms with van der Waals surface area (Å²) in [5, 5.41) is 6.37. The molecule has 2 aromatic carbocycles. The van der Waals surface area contributed by atoms with Gasteiger partial charge in [0.2, 0.25) is 5.91 Å². The summed E-state index contributed by atoms with van der Waals surface area (Å²) in [5.74, 6) is 0.308. The van der Waals surface area contributed by atoms with Gasteiger partial charge in [-0.05, 0) is 30.5 Å². The van der Waals surface area contributed by atoms with E-state index in [4.69, 9.17) is 0 Å². The maximum absolute atomic E-state index is 12.2. The molecule has 2 N–H and O–H groups in total. The van der Waals surface area contributed by atoms with Crippen LogP contribution in [0.3, 0.4) is 0 Å². The summed E-state index contributed by atoms with van der Waals surface area (Å²) in [6, 6.07) is 20.7. The second-order valence-electron chi connectivity index (χ2n) is 5.77. The molecule has 3 nitrogen and oxygen atoms in total. The molecule has 1 aliphatic heterocycles. The molecular weight excluding hydrogens is 272 g/mol. The van der Waals surface area contributed by atoms with Crippen LogP contribution in [-0.4, -0.2) is 25.0 Å². The van der Waals surface area contributed by atoms with E-state index >= 15 is 0 Å². The highest BCUT2D eigenvalue weighted by Gasteiger charge is 2.23. The minimum absolute atomic E-state index is 0.0211. The SMILES string of the molecule is O=C(NCC(c1ccccc1)c1ccccc1)[C@@H]1CCCN1. The quantitative estimate of drug-likeness (QED) is 0.890. The number of carbonyl (C=O) groups is 1. The van der Waals surface area contributed by atoms with Crippen LogP contribution in [0, 0.1) is 0 Å². The molecule has 1 saturated heterocycles. The van der Waals surface area contributed by atoms with E-state index in [-0.39, 0.29) is 17.9 Å². The van der Waals surface area contributed by atoms with E-state index in [9.17, 15) is 4.79 Å². The van der Waals surface area contributed by atoms with Gasteiger partial charge in [-0.15, -0.1) is 0 Å². The summed E-state index contributed by atoms with van der Waals surface area (Å²) in [5.41, 5.74) is 2.46. The molecule has 0 spiro atoms. The molecule has 2 aromatic rings. The molecule has 1 aliphatic rings. The first-order valence-electron chi connectivity index (χ1n) is 7.95. The first kappa shape index (κ1) is 14.8. The fraction of sp³-hybridized carbons (Fsp3) is 0.316.